The van der Waals surface area contributed by atoms with Gasteiger partial charge in [0.2, 0.25) is 0 Å². The van der Waals surface area contributed by atoms with E-state index in [9.17, 15) is 4.79 Å². The van der Waals surface area contributed by atoms with E-state index < -0.39 is 0 Å². The third kappa shape index (κ3) is 3.41. The van der Waals surface area contributed by atoms with Crippen molar-refractivity contribution in [2.24, 2.45) is 7.05 Å². The molecule has 2 aromatic carbocycles. The van der Waals surface area contributed by atoms with E-state index in [1.165, 1.54) is 33.3 Å². The molecule has 1 N–H and O–H groups in total. The van der Waals surface area contributed by atoms with Crippen LogP contribution >= 0.6 is 0 Å². The lowest BCUT2D eigenvalue weighted by atomic mass is 9.92. The van der Waals surface area contributed by atoms with Crippen LogP contribution in [0, 0.1) is 0 Å². The minimum atomic E-state index is -0.00131. The number of aryl methyl sites for hydroxylation is 1. The van der Waals surface area contributed by atoms with Gasteiger partial charge in [-0.05, 0) is 29.0 Å². The van der Waals surface area contributed by atoms with Crippen LogP contribution in [0.1, 0.15) is 61.9 Å². The van der Waals surface area contributed by atoms with Gasteiger partial charge < -0.3 is 14.8 Å². The number of hydrogen-bond acceptors (Lipinski definition) is 1. The number of nitrogens with zero attached hydrogens (tertiary/aromatic N) is 2. The summed E-state index contributed by atoms with van der Waals surface area (Å²) in [6.45, 7) is 10.1. The number of urea groups is 1. The molecular weight excluding hydrogens is 358 g/mol. The van der Waals surface area contributed by atoms with Gasteiger partial charge in [-0.15, -0.1) is 0 Å². The minimum Gasteiger partial charge on any atom is -0.347 e. The van der Waals surface area contributed by atoms with E-state index in [0.717, 1.165) is 18.7 Å². The van der Waals surface area contributed by atoms with E-state index in [2.05, 4.69) is 87.1 Å². The Labute approximate surface area is 173 Å². The molecule has 0 unspecified atom stereocenters. The number of carbonyl (C=O) groups is 1. The number of rotatable bonds is 3. The molecule has 2 heterocycles. The molecule has 3 aromatic rings. The lowest BCUT2D eigenvalue weighted by Gasteiger charge is -2.29. The van der Waals surface area contributed by atoms with Crippen LogP contribution in [0.15, 0.2) is 42.5 Å². The highest BCUT2D eigenvalue weighted by Crippen LogP contribution is 2.34. The Morgan fingerprint density at radius 3 is 2.28 bits per heavy atom. The fraction of sp³-hybridized carbons (Fsp3) is 0.400. The maximum atomic E-state index is 13.3. The summed E-state index contributed by atoms with van der Waals surface area (Å²) in [6, 6.07) is 14.8. The molecule has 0 saturated heterocycles. The summed E-state index contributed by atoms with van der Waals surface area (Å²) >= 11 is 0. The number of amides is 2. The Morgan fingerprint density at radius 1 is 0.966 bits per heavy atom. The van der Waals surface area contributed by atoms with Gasteiger partial charge in [0, 0.05) is 54.4 Å². The molecule has 0 bridgehead atoms. The first kappa shape index (κ1) is 19.6. The van der Waals surface area contributed by atoms with E-state index in [0.29, 0.717) is 18.4 Å². The third-order valence-electron chi connectivity index (χ3n) is 6.20. The van der Waals surface area contributed by atoms with Crippen molar-refractivity contribution in [3.05, 3.63) is 64.8 Å². The summed E-state index contributed by atoms with van der Waals surface area (Å²) in [5.41, 5.74) is 7.27. The molecule has 0 spiro atoms. The van der Waals surface area contributed by atoms with E-state index in [1.54, 1.807) is 0 Å². The van der Waals surface area contributed by atoms with Crippen molar-refractivity contribution in [2.75, 3.05) is 11.9 Å². The molecule has 0 atom stereocenters. The summed E-state index contributed by atoms with van der Waals surface area (Å²) < 4.78 is 2.28. The molecule has 0 fully saturated rings. The maximum absolute atomic E-state index is 13.3. The average molecular weight is 390 g/mol. The quantitative estimate of drug-likeness (QED) is 0.585. The number of hydrogen-bond donors (Lipinski definition) is 1. The van der Waals surface area contributed by atoms with E-state index in [-0.39, 0.29) is 6.03 Å². The molecule has 0 saturated carbocycles. The van der Waals surface area contributed by atoms with Crippen LogP contribution in [-0.4, -0.2) is 22.0 Å². The number of para-hydroxylation sites is 2. The molecular formula is C25H31N3O. The van der Waals surface area contributed by atoms with Gasteiger partial charge in [-0.1, -0.05) is 64.1 Å². The van der Waals surface area contributed by atoms with Crippen LogP contribution < -0.4 is 5.32 Å². The molecule has 4 rings (SSSR count). The zero-order valence-corrected chi connectivity index (χ0v) is 18.1. The van der Waals surface area contributed by atoms with Crippen molar-refractivity contribution in [3.63, 3.8) is 0 Å². The summed E-state index contributed by atoms with van der Waals surface area (Å²) in [5, 5.41) is 4.53. The van der Waals surface area contributed by atoms with Gasteiger partial charge in [0.25, 0.3) is 0 Å². The Morgan fingerprint density at radius 2 is 1.62 bits per heavy atom. The highest BCUT2D eigenvalue weighted by molar-refractivity contribution is 5.93. The Balaban J connectivity index is 1.64. The highest BCUT2D eigenvalue weighted by atomic mass is 16.2. The van der Waals surface area contributed by atoms with Gasteiger partial charge in [0.15, 0.2) is 0 Å². The summed E-state index contributed by atoms with van der Waals surface area (Å²) in [4.78, 5) is 15.2. The molecule has 0 aliphatic carbocycles. The lowest BCUT2D eigenvalue weighted by molar-refractivity contribution is 0.206. The standard InChI is InChI=1S/C25H31N3O/c1-16(2)18-10-8-11-19(17(3)4)24(18)26-25(29)28-14-13-23-21(15-28)20-9-6-7-12-22(20)27(23)5/h6-12,16-17H,13-15H2,1-5H3,(H,26,29). The minimum absolute atomic E-state index is 0.00131. The zero-order valence-electron chi connectivity index (χ0n) is 18.1. The first-order chi connectivity index (χ1) is 13.9. The van der Waals surface area contributed by atoms with Crippen LogP contribution in [0.4, 0.5) is 10.5 Å². The number of benzene rings is 2. The van der Waals surface area contributed by atoms with E-state index >= 15 is 0 Å². The zero-order chi connectivity index (χ0) is 20.7. The van der Waals surface area contributed by atoms with E-state index in [1.807, 2.05) is 4.90 Å². The predicted molar refractivity (Wildman–Crippen MR) is 121 cm³/mol. The van der Waals surface area contributed by atoms with Gasteiger partial charge in [-0.25, -0.2) is 4.79 Å². The Hall–Kier alpha value is -2.75. The van der Waals surface area contributed by atoms with E-state index in [4.69, 9.17) is 0 Å². The van der Waals surface area contributed by atoms with Crippen molar-refractivity contribution < 1.29 is 4.79 Å². The second kappa shape index (κ2) is 7.58. The normalized spacial score (nSPS) is 14.0. The summed E-state index contributed by atoms with van der Waals surface area (Å²) in [5.74, 6) is 0.713. The number of carbonyl (C=O) groups excluding carboxylic acids is 1. The highest BCUT2D eigenvalue weighted by Gasteiger charge is 2.26. The SMILES string of the molecule is CC(C)c1cccc(C(C)C)c1NC(=O)N1CCc2c(c3ccccc3n2C)C1. The van der Waals surface area contributed by atoms with Gasteiger partial charge in [-0.2, -0.15) is 0 Å². The number of nitrogens with one attached hydrogen (secondary N) is 1. The van der Waals surface area contributed by atoms with Crippen molar-refractivity contribution in [2.45, 2.75) is 52.5 Å². The summed E-state index contributed by atoms with van der Waals surface area (Å²) in [7, 11) is 2.13. The van der Waals surface area contributed by atoms with Gasteiger partial charge >= 0.3 is 6.03 Å². The first-order valence-electron chi connectivity index (χ1n) is 10.6. The van der Waals surface area contributed by atoms with Crippen LogP contribution in [0.2, 0.25) is 0 Å². The van der Waals surface area contributed by atoms with Crippen molar-refractivity contribution in [1.82, 2.24) is 9.47 Å². The molecule has 4 nitrogen and oxygen atoms in total. The number of anilines is 1. The number of aromatic nitrogens is 1. The largest absolute Gasteiger partial charge is 0.347 e. The fourth-order valence-electron chi connectivity index (χ4n) is 4.59. The summed E-state index contributed by atoms with van der Waals surface area (Å²) in [6.07, 6.45) is 0.886. The number of fused-ring (bicyclic) bond motifs is 3. The van der Waals surface area contributed by atoms with Gasteiger partial charge in [-0.3, -0.25) is 0 Å². The fourth-order valence-corrected chi connectivity index (χ4v) is 4.59. The predicted octanol–water partition coefficient (Wildman–Crippen LogP) is 6.02. The van der Waals surface area contributed by atoms with Crippen molar-refractivity contribution in [3.8, 4) is 0 Å². The Bertz CT molecular complexity index is 1040. The van der Waals surface area contributed by atoms with Crippen LogP contribution in [0.5, 0.6) is 0 Å². The molecule has 29 heavy (non-hydrogen) atoms. The topological polar surface area (TPSA) is 37.3 Å². The molecule has 1 aliphatic rings. The second-order valence-electron chi connectivity index (χ2n) is 8.72. The molecule has 152 valence electrons. The van der Waals surface area contributed by atoms with Crippen LogP contribution in [0.25, 0.3) is 10.9 Å². The smallest absolute Gasteiger partial charge is 0.322 e. The maximum Gasteiger partial charge on any atom is 0.322 e. The molecule has 1 aliphatic heterocycles. The second-order valence-corrected chi connectivity index (χ2v) is 8.72. The Kier molecular flexibility index (Phi) is 5.12. The van der Waals surface area contributed by atoms with Crippen LogP contribution in [-0.2, 0) is 20.0 Å². The van der Waals surface area contributed by atoms with Gasteiger partial charge in [0.05, 0.1) is 0 Å². The molecule has 1 aromatic heterocycles. The lowest BCUT2D eigenvalue weighted by Crippen LogP contribution is -2.39. The molecule has 0 radical (unpaired) electrons. The average Bonchev–Trinajstić information content (AvgIpc) is 3.00. The van der Waals surface area contributed by atoms with Crippen molar-refractivity contribution >= 4 is 22.6 Å². The molecule has 4 heteroatoms. The first-order valence-corrected chi connectivity index (χ1v) is 10.6. The van der Waals surface area contributed by atoms with Crippen LogP contribution in [0.3, 0.4) is 0 Å². The van der Waals surface area contributed by atoms with Gasteiger partial charge in [0.1, 0.15) is 0 Å². The molecule has 2 amide bonds. The monoisotopic (exact) mass is 389 g/mol. The van der Waals surface area contributed by atoms with Crippen molar-refractivity contribution in [1.29, 1.82) is 0 Å². The third-order valence-corrected chi connectivity index (χ3v) is 6.20.